The molecule has 150 valence electrons. The monoisotopic (exact) mass is 402 g/mol. The van der Waals surface area contributed by atoms with Gasteiger partial charge in [0.15, 0.2) is 0 Å². The van der Waals surface area contributed by atoms with Crippen LogP contribution in [0.1, 0.15) is 30.9 Å². The number of nitrogens with zero attached hydrogens (tertiary/aromatic N) is 1. The van der Waals surface area contributed by atoms with E-state index in [1.54, 1.807) is 12.1 Å². The summed E-state index contributed by atoms with van der Waals surface area (Å²) < 4.78 is 31.1. The molecule has 1 amide bonds. The predicted molar refractivity (Wildman–Crippen MR) is 112 cm³/mol. The van der Waals surface area contributed by atoms with Crippen molar-refractivity contribution in [2.75, 3.05) is 26.5 Å². The van der Waals surface area contributed by atoms with Crippen molar-refractivity contribution in [3.63, 3.8) is 0 Å². The van der Waals surface area contributed by atoms with Crippen LogP contribution >= 0.6 is 0 Å². The van der Waals surface area contributed by atoms with Gasteiger partial charge in [0.2, 0.25) is 15.9 Å². The first-order chi connectivity index (χ1) is 13.1. The average Bonchev–Trinajstić information content (AvgIpc) is 2.66. The Kier molecular flexibility index (Phi) is 6.99. The first-order valence-corrected chi connectivity index (χ1v) is 10.3. The fourth-order valence-corrected chi connectivity index (χ4v) is 3.58. The normalized spacial score (nSPS) is 12.0. The number of carbonyl (C=O) groups is 1. The van der Waals surface area contributed by atoms with Gasteiger partial charge in [0.05, 0.1) is 7.11 Å². The maximum Gasteiger partial charge on any atom is 0.248 e. The van der Waals surface area contributed by atoms with Gasteiger partial charge in [0, 0.05) is 25.9 Å². The smallest absolute Gasteiger partial charge is 0.248 e. The van der Waals surface area contributed by atoms with Gasteiger partial charge in [-0.2, -0.15) is 0 Å². The van der Waals surface area contributed by atoms with Crippen LogP contribution in [0.2, 0.25) is 0 Å². The van der Waals surface area contributed by atoms with Crippen molar-refractivity contribution in [1.82, 2.24) is 4.31 Å². The highest BCUT2D eigenvalue weighted by atomic mass is 32.2. The topological polar surface area (TPSA) is 75.7 Å². The minimum atomic E-state index is -3.71. The van der Waals surface area contributed by atoms with Crippen molar-refractivity contribution in [3.8, 4) is 5.75 Å². The zero-order valence-electron chi connectivity index (χ0n) is 16.8. The van der Waals surface area contributed by atoms with E-state index in [0.717, 1.165) is 9.87 Å². The summed E-state index contributed by atoms with van der Waals surface area (Å²) in [6, 6.07) is 12.5. The summed E-state index contributed by atoms with van der Waals surface area (Å²) in [6.07, 6.45) is 3.12. The van der Waals surface area contributed by atoms with Crippen molar-refractivity contribution in [2.45, 2.75) is 24.7 Å². The maximum absolute atomic E-state index is 12.5. The first-order valence-electron chi connectivity index (χ1n) is 8.84. The Morgan fingerprint density at radius 2 is 1.75 bits per heavy atom. The summed E-state index contributed by atoms with van der Waals surface area (Å²) >= 11 is 0. The summed E-state index contributed by atoms with van der Waals surface area (Å²) in [6.45, 7) is 4.25. The third-order valence-corrected chi connectivity index (χ3v) is 6.06. The molecule has 0 saturated carbocycles. The summed E-state index contributed by atoms with van der Waals surface area (Å²) in [5.41, 5.74) is 2.51. The number of methoxy groups -OCH3 is 1. The lowest BCUT2D eigenvalue weighted by atomic mass is 10.0. The van der Waals surface area contributed by atoms with Gasteiger partial charge in [0.1, 0.15) is 10.6 Å². The molecule has 0 aliphatic carbocycles. The van der Waals surface area contributed by atoms with E-state index in [2.05, 4.69) is 19.2 Å². The minimum absolute atomic E-state index is 0.00828. The molecule has 0 spiro atoms. The second kappa shape index (κ2) is 9.03. The van der Waals surface area contributed by atoms with Crippen molar-refractivity contribution in [2.24, 2.45) is 0 Å². The number of ether oxygens (including phenoxy) is 1. The summed E-state index contributed by atoms with van der Waals surface area (Å²) in [4.78, 5) is 12.2. The summed E-state index contributed by atoms with van der Waals surface area (Å²) in [5.74, 6) is 0.308. The van der Waals surface area contributed by atoms with Gasteiger partial charge in [-0.1, -0.05) is 38.1 Å². The highest BCUT2D eigenvalue weighted by Gasteiger charge is 2.22. The van der Waals surface area contributed by atoms with Gasteiger partial charge in [-0.05, 0) is 41.3 Å². The lowest BCUT2D eigenvalue weighted by Crippen LogP contribution is -2.23. The van der Waals surface area contributed by atoms with Crippen LogP contribution < -0.4 is 10.1 Å². The summed E-state index contributed by atoms with van der Waals surface area (Å²) in [7, 11) is 0.569. The largest absolute Gasteiger partial charge is 0.495 e. The predicted octanol–water partition coefficient (Wildman–Crippen LogP) is 3.72. The lowest BCUT2D eigenvalue weighted by molar-refractivity contribution is -0.111. The number of carbonyl (C=O) groups excluding carboxylic acids is 1. The van der Waals surface area contributed by atoms with E-state index in [1.807, 2.05) is 24.3 Å². The molecule has 0 unspecified atom stereocenters. The van der Waals surface area contributed by atoms with Crippen LogP contribution in [0.5, 0.6) is 5.75 Å². The number of benzene rings is 2. The Bertz CT molecular complexity index is 962. The van der Waals surface area contributed by atoms with Crippen molar-refractivity contribution < 1.29 is 17.9 Å². The van der Waals surface area contributed by atoms with Gasteiger partial charge in [-0.15, -0.1) is 0 Å². The number of hydrogen-bond donors (Lipinski definition) is 1. The van der Waals surface area contributed by atoms with E-state index in [1.165, 1.54) is 45.0 Å². The molecule has 1 N–H and O–H groups in total. The maximum atomic E-state index is 12.5. The van der Waals surface area contributed by atoms with E-state index >= 15 is 0 Å². The molecule has 0 atom stereocenters. The van der Waals surface area contributed by atoms with Gasteiger partial charge in [-0.25, -0.2) is 12.7 Å². The average molecular weight is 403 g/mol. The molecule has 28 heavy (non-hydrogen) atoms. The molecule has 0 saturated heterocycles. The third kappa shape index (κ3) is 5.21. The van der Waals surface area contributed by atoms with Crippen molar-refractivity contribution in [1.29, 1.82) is 0 Å². The first kappa shape index (κ1) is 21.7. The lowest BCUT2D eigenvalue weighted by Gasteiger charge is -2.15. The number of sulfonamides is 1. The quantitative estimate of drug-likeness (QED) is 0.716. The second-order valence-electron chi connectivity index (χ2n) is 6.80. The molecule has 0 heterocycles. The molecule has 0 aliphatic rings. The Labute approximate surface area is 166 Å². The van der Waals surface area contributed by atoms with Gasteiger partial charge >= 0.3 is 0 Å². The van der Waals surface area contributed by atoms with Crippen LogP contribution in [0.4, 0.5) is 5.69 Å². The van der Waals surface area contributed by atoms with E-state index < -0.39 is 10.0 Å². The number of rotatable bonds is 7. The molecule has 0 aliphatic heterocycles. The van der Waals surface area contributed by atoms with Gasteiger partial charge in [0.25, 0.3) is 0 Å². The fourth-order valence-electron chi connectivity index (χ4n) is 2.50. The molecule has 2 rings (SSSR count). The molecule has 2 aromatic rings. The molecule has 0 radical (unpaired) electrons. The Hall–Kier alpha value is -2.64. The molecule has 6 nitrogen and oxygen atoms in total. The number of anilines is 1. The standard InChI is InChI=1S/C21H26N2O4S/c1-15(2)17-9-6-16(7-10-17)8-13-21(24)22-18-11-12-19(27-5)20(14-18)28(25,26)23(3)4/h6-15H,1-5H3,(H,22,24)/b13-8+. The fraction of sp³-hybridized carbons (Fsp3) is 0.286. The van der Waals surface area contributed by atoms with Crippen LogP contribution in [0.25, 0.3) is 6.08 Å². The van der Waals surface area contributed by atoms with Crippen LogP contribution in [-0.2, 0) is 14.8 Å². The number of amides is 1. The minimum Gasteiger partial charge on any atom is -0.495 e. The zero-order valence-corrected chi connectivity index (χ0v) is 17.6. The van der Waals surface area contributed by atoms with Crippen LogP contribution in [-0.4, -0.2) is 39.8 Å². The Balaban J connectivity index is 2.17. The molecular weight excluding hydrogens is 376 g/mol. The molecule has 0 bridgehead atoms. The molecule has 0 aromatic heterocycles. The molecule has 0 fully saturated rings. The molecule has 2 aromatic carbocycles. The van der Waals surface area contributed by atoms with Crippen LogP contribution in [0, 0.1) is 0 Å². The summed E-state index contributed by atoms with van der Waals surface area (Å²) in [5, 5.41) is 2.68. The van der Waals surface area contributed by atoms with Crippen LogP contribution in [0.15, 0.2) is 53.4 Å². The Morgan fingerprint density at radius 3 is 2.29 bits per heavy atom. The highest BCUT2D eigenvalue weighted by Crippen LogP contribution is 2.28. The van der Waals surface area contributed by atoms with E-state index in [0.29, 0.717) is 11.6 Å². The van der Waals surface area contributed by atoms with E-state index in [-0.39, 0.29) is 16.6 Å². The molecule has 7 heteroatoms. The number of hydrogen-bond acceptors (Lipinski definition) is 4. The van der Waals surface area contributed by atoms with Crippen LogP contribution in [0.3, 0.4) is 0 Å². The van der Waals surface area contributed by atoms with Crippen molar-refractivity contribution >= 4 is 27.7 Å². The SMILES string of the molecule is COc1ccc(NC(=O)/C=C/c2ccc(C(C)C)cc2)cc1S(=O)(=O)N(C)C. The van der Waals surface area contributed by atoms with Gasteiger partial charge in [-0.3, -0.25) is 4.79 Å². The number of nitrogens with one attached hydrogen (secondary N) is 1. The zero-order chi connectivity index (χ0) is 20.9. The Morgan fingerprint density at radius 1 is 1.11 bits per heavy atom. The molecular formula is C21H26N2O4S. The van der Waals surface area contributed by atoms with E-state index in [9.17, 15) is 13.2 Å². The second-order valence-corrected chi connectivity index (χ2v) is 8.92. The highest BCUT2D eigenvalue weighted by molar-refractivity contribution is 7.89. The van der Waals surface area contributed by atoms with E-state index in [4.69, 9.17) is 4.74 Å². The third-order valence-electron chi connectivity index (χ3n) is 4.22. The van der Waals surface area contributed by atoms with Gasteiger partial charge < -0.3 is 10.1 Å². The van der Waals surface area contributed by atoms with Crippen molar-refractivity contribution in [3.05, 3.63) is 59.7 Å².